The van der Waals surface area contributed by atoms with Crippen LogP contribution in [-0.2, 0) is 9.53 Å². The fourth-order valence-corrected chi connectivity index (χ4v) is 1.68. The number of rotatable bonds is 4. The molecule has 1 N–H and O–H groups in total. The SMILES string of the molecule is Cc1cnc(C(=O)OC(C)C(=O)Nc2ccc(Cl)cc2)cn1. The number of anilines is 1. The Morgan fingerprint density at radius 2 is 1.86 bits per heavy atom. The number of esters is 1. The molecule has 0 aliphatic carbocycles. The first kappa shape index (κ1) is 15.9. The molecule has 2 aromatic rings. The van der Waals surface area contributed by atoms with Gasteiger partial charge in [-0.05, 0) is 38.1 Å². The van der Waals surface area contributed by atoms with E-state index in [1.165, 1.54) is 19.3 Å². The first-order valence-electron chi connectivity index (χ1n) is 6.52. The second-order valence-corrected chi connectivity index (χ2v) is 5.02. The highest BCUT2D eigenvalue weighted by Gasteiger charge is 2.20. The van der Waals surface area contributed by atoms with Gasteiger partial charge in [0.1, 0.15) is 0 Å². The molecule has 0 saturated carbocycles. The Bertz CT molecular complexity index is 671. The number of carbonyl (C=O) groups excluding carboxylic acids is 2. The number of aromatic nitrogens is 2. The topological polar surface area (TPSA) is 81.2 Å². The molecular formula is C15H14ClN3O3. The number of aryl methyl sites for hydroxylation is 1. The van der Waals surface area contributed by atoms with Crippen LogP contribution < -0.4 is 5.32 Å². The molecule has 2 rings (SSSR count). The van der Waals surface area contributed by atoms with Crippen molar-refractivity contribution in [2.45, 2.75) is 20.0 Å². The van der Waals surface area contributed by atoms with Gasteiger partial charge in [-0.2, -0.15) is 0 Å². The fraction of sp³-hybridized carbons (Fsp3) is 0.200. The number of nitrogens with one attached hydrogen (secondary N) is 1. The molecule has 22 heavy (non-hydrogen) atoms. The summed E-state index contributed by atoms with van der Waals surface area (Å²) < 4.78 is 5.05. The Hall–Kier alpha value is -2.47. The van der Waals surface area contributed by atoms with Crippen molar-refractivity contribution in [1.29, 1.82) is 0 Å². The van der Waals surface area contributed by atoms with Crippen LogP contribution in [0.15, 0.2) is 36.7 Å². The maximum atomic E-state index is 12.0. The molecule has 0 radical (unpaired) electrons. The molecule has 0 bridgehead atoms. The molecule has 0 fully saturated rings. The largest absolute Gasteiger partial charge is 0.448 e. The van der Waals surface area contributed by atoms with Crippen LogP contribution in [0.25, 0.3) is 0 Å². The van der Waals surface area contributed by atoms with E-state index in [2.05, 4.69) is 15.3 Å². The third kappa shape index (κ3) is 4.26. The van der Waals surface area contributed by atoms with Crippen LogP contribution in [0.4, 0.5) is 5.69 Å². The van der Waals surface area contributed by atoms with Crippen molar-refractivity contribution in [3.05, 3.63) is 53.1 Å². The summed E-state index contributed by atoms with van der Waals surface area (Å²) in [6.07, 6.45) is 1.79. The molecule has 1 heterocycles. The Labute approximate surface area is 132 Å². The summed E-state index contributed by atoms with van der Waals surface area (Å²) in [6, 6.07) is 6.60. The third-order valence-corrected chi connectivity index (χ3v) is 3.01. The van der Waals surface area contributed by atoms with E-state index >= 15 is 0 Å². The molecule has 7 heteroatoms. The molecule has 1 unspecified atom stereocenters. The van der Waals surface area contributed by atoms with Gasteiger partial charge < -0.3 is 10.1 Å². The minimum atomic E-state index is -0.966. The number of amides is 1. The zero-order valence-electron chi connectivity index (χ0n) is 12.0. The Balaban J connectivity index is 1.94. The lowest BCUT2D eigenvalue weighted by Crippen LogP contribution is -2.30. The maximum Gasteiger partial charge on any atom is 0.359 e. The smallest absolute Gasteiger partial charge is 0.359 e. The van der Waals surface area contributed by atoms with Crippen molar-refractivity contribution in [2.24, 2.45) is 0 Å². The molecule has 0 spiro atoms. The van der Waals surface area contributed by atoms with Crippen LogP contribution in [-0.4, -0.2) is 27.9 Å². The van der Waals surface area contributed by atoms with Crippen molar-refractivity contribution < 1.29 is 14.3 Å². The van der Waals surface area contributed by atoms with E-state index < -0.39 is 18.0 Å². The minimum absolute atomic E-state index is 0.0525. The molecule has 1 atom stereocenters. The highest BCUT2D eigenvalue weighted by molar-refractivity contribution is 6.30. The second kappa shape index (κ2) is 7.00. The molecule has 0 saturated heterocycles. The number of hydrogen-bond donors (Lipinski definition) is 1. The second-order valence-electron chi connectivity index (χ2n) is 4.59. The minimum Gasteiger partial charge on any atom is -0.448 e. The van der Waals surface area contributed by atoms with Gasteiger partial charge in [-0.15, -0.1) is 0 Å². The van der Waals surface area contributed by atoms with Gasteiger partial charge in [0.2, 0.25) is 0 Å². The van der Waals surface area contributed by atoms with E-state index in [9.17, 15) is 9.59 Å². The zero-order chi connectivity index (χ0) is 16.1. The molecular weight excluding hydrogens is 306 g/mol. The standard InChI is InChI=1S/C15H14ClN3O3/c1-9-7-18-13(8-17-9)15(21)22-10(2)14(20)19-12-5-3-11(16)4-6-12/h3-8,10H,1-2H3,(H,19,20). The number of halogens is 1. The summed E-state index contributed by atoms with van der Waals surface area (Å²) in [5, 5.41) is 3.19. The average molecular weight is 320 g/mol. The lowest BCUT2D eigenvalue weighted by atomic mass is 10.3. The van der Waals surface area contributed by atoms with Crippen molar-refractivity contribution in [1.82, 2.24) is 9.97 Å². The van der Waals surface area contributed by atoms with E-state index in [1.54, 1.807) is 31.2 Å². The van der Waals surface area contributed by atoms with Crippen LogP contribution >= 0.6 is 11.6 Å². The molecule has 6 nitrogen and oxygen atoms in total. The summed E-state index contributed by atoms with van der Waals surface area (Å²) in [5.41, 5.74) is 1.30. The normalized spacial score (nSPS) is 11.6. The Morgan fingerprint density at radius 1 is 1.18 bits per heavy atom. The van der Waals surface area contributed by atoms with Crippen molar-refractivity contribution >= 4 is 29.2 Å². The summed E-state index contributed by atoms with van der Waals surface area (Å²) in [4.78, 5) is 31.7. The van der Waals surface area contributed by atoms with E-state index in [0.717, 1.165) is 0 Å². The number of benzene rings is 1. The first-order chi connectivity index (χ1) is 10.5. The molecule has 114 valence electrons. The summed E-state index contributed by atoms with van der Waals surface area (Å²) >= 11 is 5.76. The molecule has 1 amide bonds. The predicted molar refractivity (Wildman–Crippen MR) is 81.7 cm³/mol. The Kier molecular flexibility index (Phi) is 5.06. The summed E-state index contributed by atoms with van der Waals surface area (Å²) in [5.74, 6) is -1.15. The molecule has 1 aromatic heterocycles. The van der Waals surface area contributed by atoms with Gasteiger partial charge in [-0.3, -0.25) is 9.78 Å². The summed E-state index contributed by atoms with van der Waals surface area (Å²) in [7, 11) is 0. The first-order valence-corrected chi connectivity index (χ1v) is 6.89. The predicted octanol–water partition coefficient (Wildman–Crippen LogP) is 2.62. The van der Waals surface area contributed by atoms with Gasteiger partial charge >= 0.3 is 5.97 Å². The van der Waals surface area contributed by atoms with Crippen LogP contribution in [0.5, 0.6) is 0 Å². The number of hydrogen-bond acceptors (Lipinski definition) is 5. The van der Waals surface area contributed by atoms with E-state index in [1.807, 2.05) is 0 Å². The zero-order valence-corrected chi connectivity index (χ0v) is 12.8. The number of nitrogens with zero attached hydrogens (tertiary/aromatic N) is 2. The fourth-order valence-electron chi connectivity index (χ4n) is 1.55. The highest BCUT2D eigenvalue weighted by atomic mass is 35.5. The van der Waals surface area contributed by atoms with Gasteiger partial charge in [0.05, 0.1) is 11.9 Å². The molecule has 0 aliphatic heterocycles. The van der Waals surface area contributed by atoms with E-state index in [4.69, 9.17) is 16.3 Å². The van der Waals surface area contributed by atoms with Gasteiger partial charge in [-0.1, -0.05) is 11.6 Å². The van der Waals surface area contributed by atoms with Crippen molar-refractivity contribution in [3.63, 3.8) is 0 Å². The van der Waals surface area contributed by atoms with E-state index in [0.29, 0.717) is 16.4 Å². The molecule has 1 aromatic carbocycles. The quantitative estimate of drug-likeness (QED) is 0.876. The van der Waals surface area contributed by atoms with E-state index in [-0.39, 0.29) is 5.69 Å². The van der Waals surface area contributed by atoms with Crippen LogP contribution in [0.2, 0.25) is 5.02 Å². The lowest BCUT2D eigenvalue weighted by molar-refractivity contribution is -0.123. The van der Waals surface area contributed by atoms with Crippen molar-refractivity contribution in [2.75, 3.05) is 5.32 Å². The van der Waals surface area contributed by atoms with Crippen LogP contribution in [0, 0.1) is 6.92 Å². The average Bonchev–Trinajstić information content (AvgIpc) is 2.50. The summed E-state index contributed by atoms with van der Waals surface area (Å²) in [6.45, 7) is 3.23. The highest BCUT2D eigenvalue weighted by Crippen LogP contribution is 2.14. The van der Waals surface area contributed by atoms with Crippen LogP contribution in [0.1, 0.15) is 23.1 Å². The van der Waals surface area contributed by atoms with Crippen LogP contribution in [0.3, 0.4) is 0 Å². The molecule has 0 aliphatic rings. The van der Waals surface area contributed by atoms with Gasteiger partial charge in [0.25, 0.3) is 5.91 Å². The third-order valence-electron chi connectivity index (χ3n) is 2.75. The lowest BCUT2D eigenvalue weighted by Gasteiger charge is -2.13. The van der Waals surface area contributed by atoms with Gasteiger partial charge in [0, 0.05) is 16.9 Å². The van der Waals surface area contributed by atoms with Gasteiger partial charge in [0.15, 0.2) is 11.8 Å². The number of carbonyl (C=O) groups is 2. The van der Waals surface area contributed by atoms with Crippen molar-refractivity contribution in [3.8, 4) is 0 Å². The monoisotopic (exact) mass is 319 g/mol. The number of ether oxygens (including phenoxy) is 1. The van der Waals surface area contributed by atoms with Gasteiger partial charge in [-0.25, -0.2) is 9.78 Å². The Morgan fingerprint density at radius 3 is 2.45 bits per heavy atom. The maximum absolute atomic E-state index is 12.0.